The molecular formula is C45H47N11O3. The maximum Gasteiger partial charge on any atom is 0.261 e. The van der Waals surface area contributed by atoms with Gasteiger partial charge in [0.05, 0.1) is 30.7 Å². The van der Waals surface area contributed by atoms with Crippen LogP contribution < -0.4 is 10.6 Å². The molecule has 300 valence electrons. The first-order valence-corrected chi connectivity index (χ1v) is 20.1. The maximum atomic E-state index is 13.7. The van der Waals surface area contributed by atoms with Crippen LogP contribution in [0.4, 0.5) is 5.69 Å². The normalized spacial score (nSPS) is 13.2. The molecule has 5 heterocycles. The monoisotopic (exact) mass is 789 g/mol. The predicted molar refractivity (Wildman–Crippen MR) is 224 cm³/mol. The Labute approximate surface area is 342 Å². The molecule has 0 bridgehead atoms. The van der Waals surface area contributed by atoms with Crippen molar-refractivity contribution in [2.75, 3.05) is 18.4 Å². The quantitative estimate of drug-likeness (QED) is 0.140. The van der Waals surface area contributed by atoms with E-state index in [1.165, 1.54) is 11.8 Å². The number of carbonyl (C=O) groups excluding carboxylic acids is 3. The highest BCUT2D eigenvalue weighted by atomic mass is 16.2. The zero-order valence-electron chi connectivity index (χ0n) is 33.7. The second-order valence-electron chi connectivity index (χ2n) is 15.0. The van der Waals surface area contributed by atoms with Gasteiger partial charge in [0.1, 0.15) is 11.3 Å². The first-order valence-electron chi connectivity index (χ1n) is 20.1. The van der Waals surface area contributed by atoms with Gasteiger partial charge in [-0.05, 0) is 81.5 Å². The highest BCUT2D eigenvalue weighted by molar-refractivity contribution is 6.08. The SMILES string of the molecule is CCc1nn(Cc2ccccc2)c(CC)c1CNC(=O)c1cccc(C(=O)N2CCC(n3cc(-c4ccc(NC(=O)c5cnn6c(C)cc(C)nc56)cc4)nn3)CC2)c1. The summed E-state index contributed by atoms with van der Waals surface area (Å²) in [5, 5.41) is 24.1. The lowest BCUT2D eigenvalue weighted by Gasteiger charge is -2.32. The van der Waals surface area contributed by atoms with Crippen molar-refractivity contribution in [1.82, 2.24) is 49.6 Å². The average Bonchev–Trinajstić information content (AvgIpc) is 4.01. The third-order valence-electron chi connectivity index (χ3n) is 11.0. The Balaban J connectivity index is 0.851. The minimum atomic E-state index is -0.287. The lowest BCUT2D eigenvalue weighted by atomic mass is 10.0. The van der Waals surface area contributed by atoms with Crippen LogP contribution in [0.15, 0.2) is 97.3 Å². The van der Waals surface area contributed by atoms with Crippen LogP contribution in [0.5, 0.6) is 0 Å². The largest absolute Gasteiger partial charge is 0.348 e. The number of aryl methyl sites for hydroxylation is 3. The molecule has 1 fully saturated rings. The van der Waals surface area contributed by atoms with E-state index in [9.17, 15) is 14.4 Å². The zero-order chi connectivity index (χ0) is 41.0. The van der Waals surface area contributed by atoms with Crippen LogP contribution in [-0.2, 0) is 25.9 Å². The van der Waals surface area contributed by atoms with Crippen molar-refractivity contribution in [2.45, 2.75) is 72.5 Å². The summed E-state index contributed by atoms with van der Waals surface area (Å²) in [4.78, 5) is 46.6. The van der Waals surface area contributed by atoms with E-state index in [-0.39, 0.29) is 23.8 Å². The van der Waals surface area contributed by atoms with Crippen LogP contribution >= 0.6 is 0 Å². The van der Waals surface area contributed by atoms with E-state index in [2.05, 4.69) is 57.0 Å². The molecule has 14 nitrogen and oxygen atoms in total. The van der Waals surface area contributed by atoms with Gasteiger partial charge in [0.25, 0.3) is 17.7 Å². The number of carbonyl (C=O) groups is 3. The van der Waals surface area contributed by atoms with Gasteiger partial charge in [-0.2, -0.15) is 10.2 Å². The number of hydrogen-bond acceptors (Lipinski definition) is 8. The van der Waals surface area contributed by atoms with Crippen molar-refractivity contribution in [3.8, 4) is 11.3 Å². The van der Waals surface area contributed by atoms with E-state index in [1.54, 1.807) is 28.8 Å². The van der Waals surface area contributed by atoms with E-state index in [0.29, 0.717) is 72.7 Å². The third kappa shape index (κ3) is 8.24. The van der Waals surface area contributed by atoms with Crippen LogP contribution in [-0.4, -0.2) is 75.1 Å². The molecule has 0 atom stereocenters. The molecule has 4 aromatic heterocycles. The minimum absolute atomic E-state index is 0.0841. The maximum absolute atomic E-state index is 13.7. The van der Waals surface area contributed by atoms with Crippen LogP contribution in [0.3, 0.4) is 0 Å². The zero-order valence-corrected chi connectivity index (χ0v) is 33.7. The summed E-state index contributed by atoms with van der Waals surface area (Å²) in [5.74, 6) is -0.618. The third-order valence-corrected chi connectivity index (χ3v) is 11.0. The summed E-state index contributed by atoms with van der Waals surface area (Å²) in [5.41, 5.74) is 10.1. The molecule has 0 aliphatic carbocycles. The lowest BCUT2D eigenvalue weighted by Crippen LogP contribution is -2.39. The summed E-state index contributed by atoms with van der Waals surface area (Å²) >= 11 is 0. The number of nitrogens with one attached hydrogen (secondary N) is 2. The number of nitrogens with zero attached hydrogens (tertiary/aromatic N) is 9. The molecule has 1 aliphatic rings. The summed E-state index contributed by atoms with van der Waals surface area (Å²) in [6.07, 6.45) is 6.45. The molecule has 2 N–H and O–H groups in total. The number of fused-ring (bicyclic) bond motifs is 1. The number of rotatable bonds is 12. The number of benzene rings is 3. The fraction of sp³-hybridized carbons (Fsp3) is 0.289. The smallest absolute Gasteiger partial charge is 0.261 e. The summed E-state index contributed by atoms with van der Waals surface area (Å²) in [6, 6.07) is 26.7. The van der Waals surface area contributed by atoms with Gasteiger partial charge >= 0.3 is 0 Å². The van der Waals surface area contributed by atoms with Crippen molar-refractivity contribution in [3.05, 3.63) is 148 Å². The van der Waals surface area contributed by atoms with Crippen molar-refractivity contribution < 1.29 is 14.4 Å². The minimum Gasteiger partial charge on any atom is -0.348 e. The van der Waals surface area contributed by atoms with E-state index in [0.717, 1.165) is 46.7 Å². The molecule has 59 heavy (non-hydrogen) atoms. The predicted octanol–water partition coefficient (Wildman–Crippen LogP) is 6.63. The van der Waals surface area contributed by atoms with E-state index in [4.69, 9.17) is 5.10 Å². The highest BCUT2D eigenvalue weighted by Gasteiger charge is 2.26. The second kappa shape index (κ2) is 16.9. The Bertz CT molecular complexity index is 2640. The number of piperidine rings is 1. The van der Waals surface area contributed by atoms with E-state index in [1.807, 2.05) is 82.8 Å². The molecule has 0 radical (unpaired) electrons. The van der Waals surface area contributed by atoms with Gasteiger partial charge < -0.3 is 15.5 Å². The molecule has 8 rings (SSSR count). The summed E-state index contributed by atoms with van der Waals surface area (Å²) in [6.45, 7) is 10.2. The number of amides is 3. The average molecular weight is 790 g/mol. The van der Waals surface area contributed by atoms with Gasteiger partial charge in [-0.15, -0.1) is 5.10 Å². The van der Waals surface area contributed by atoms with Crippen LogP contribution in [0.25, 0.3) is 16.9 Å². The van der Waals surface area contributed by atoms with Crippen LogP contribution in [0, 0.1) is 13.8 Å². The standard InChI is InChI=1S/C45H47N11O3/c1-5-39-37(41(6-2)55(51-39)27-31-11-8-7-9-12-31)25-46-43(57)33-13-10-14-34(24-33)45(59)53-21-19-36(20-22-53)54-28-40(50-52-54)32-15-17-35(18-16-32)49-44(58)38-26-47-56-30(4)23-29(3)48-42(38)56/h7-18,23-24,26,28,36H,5-6,19-22,25,27H2,1-4H3,(H,46,57)(H,49,58). The fourth-order valence-electron chi connectivity index (χ4n) is 7.88. The van der Waals surface area contributed by atoms with Crippen molar-refractivity contribution >= 4 is 29.1 Å². The molecule has 3 aromatic carbocycles. The Morgan fingerprint density at radius 3 is 2.36 bits per heavy atom. The molecule has 1 saturated heterocycles. The lowest BCUT2D eigenvalue weighted by molar-refractivity contribution is 0.0689. The Morgan fingerprint density at radius 2 is 1.61 bits per heavy atom. The molecule has 14 heteroatoms. The molecule has 1 aliphatic heterocycles. The summed E-state index contributed by atoms with van der Waals surface area (Å²) < 4.78 is 5.58. The van der Waals surface area contributed by atoms with Gasteiger partial charge in [0.2, 0.25) is 0 Å². The van der Waals surface area contributed by atoms with E-state index >= 15 is 0 Å². The Hall–Kier alpha value is -6.96. The Morgan fingerprint density at radius 1 is 0.847 bits per heavy atom. The van der Waals surface area contributed by atoms with Crippen molar-refractivity contribution in [1.29, 1.82) is 0 Å². The second-order valence-corrected chi connectivity index (χ2v) is 15.0. The Kier molecular flexibility index (Phi) is 11.1. The molecule has 0 spiro atoms. The van der Waals surface area contributed by atoms with Gasteiger partial charge in [-0.25, -0.2) is 14.2 Å². The van der Waals surface area contributed by atoms with Gasteiger partial charge in [-0.3, -0.25) is 19.1 Å². The topological polar surface area (TPSA) is 157 Å². The number of likely N-dealkylation sites (tertiary alicyclic amines) is 1. The first-order chi connectivity index (χ1) is 28.7. The van der Waals surface area contributed by atoms with Gasteiger partial charge in [-0.1, -0.05) is 67.6 Å². The highest BCUT2D eigenvalue weighted by Crippen LogP contribution is 2.27. The number of anilines is 1. The van der Waals surface area contributed by atoms with Crippen molar-refractivity contribution in [2.24, 2.45) is 0 Å². The number of hydrogen-bond donors (Lipinski definition) is 2. The summed E-state index contributed by atoms with van der Waals surface area (Å²) in [7, 11) is 0. The molecule has 7 aromatic rings. The van der Waals surface area contributed by atoms with Gasteiger partial charge in [0.15, 0.2) is 5.65 Å². The molecule has 0 unspecified atom stereocenters. The first kappa shape index (κ1) is 38.9. The van der Waals surface area contributed by atoms with Crippen LogP contribution in [0.2, 0.25) is 0 Å². The van der Waals surface area contributed by atoms with Gasteiger partial charge in [0, 0.05) is 64.7 Å². The molecular weight excluding hydrogens is 743 g/mol. The van der Waals surface area contributed by atoms with Crippen molar-refractivity contribution in [3.63, 3.8) is 0 Å². The number of aromatic nitrogens is 8. The van der Waals surface area contributed by atoms with E-state index < -0.39 is 0 Å². The molecule has 0 saturated carbocycles. The molecule has 3 amide bonds. The van der Waals surface area contributed by atoms with Crippen LogP contribution in [0.1, 0.15) is 97.7 Å². The fourth-order valence-corrected chi connectivity index (χ4v) is 7.88.